The predicted molar refractivity (Wildman–Crippen MR) is 141 cm³/mol. The van der Waals surface area contributed by atoms with E-state index in [2.05, 4.69) is 39.4 Å². The standard InChI is InChI=1S/C29H30N4O4/c1-22(37-27-13-7-23(19-30)8-14-27)29(35)36-21-28(34)31-25-9-11-26(12-10-25)33-17-15-32(16-18-33)20-24-5-3-2-4-6-24/h2-14,22H,15-18,20-21H2,1H3,(H,31,34). The van der Waals surface area contributed by atoms with E-state index >= 15 is 0 Å². The monoisotopic (exact) mass is 498 g/mol. The quantitative estimate of drug-likeness (QED) is 0.448. The van der Waals surface area contributed by atoms with E-state index in [1.165, 1.54) is 5.56 Å². The summed E-state index contributed by atoms with van der Waals surface area (Å²) in [5.41, 5.74) is 3.57. The van der Waals surface area contributed by atoms with Crippen LogP contribution in [0.1, 0.15) is 18.1 Å². The van der Waals surface area contributed by atoms with Crippen molar-refractivity contribution in [2.24, 2.45) is 0 Å². The smallest absolute Gasteiger partial charge is 0.347 e. The van der Waals surface area contributed by atoms with E-state index in [4.69, 9.17) is 14.7 Å². The molecule has 1 N–H and O–H groups in total. The maximum Gasteiger partial charge on any atom is 0.347 e. The Hall–Kier alpha value is -4.35. The second kappa shape index (κ2) is 12.6. The zero-order chi connectivity index (χ0) is 26.0. The molecule has 0 saturated carbocycles. The second-order valence-electron chi connectivity index (χ2n) is 8.85. The van der Waals surface area contributed by atoms with Gasteiger partial charge in [0.1, 0.15) is 5.75 Å². The Morgan fingerprint density at radius 2 is 1.62 bits per heavy atom. The van der Waals surface area contributed by atoms with Gasteiger partial charge in [-0.2, -0.15) is 5.26 Å². The highest BCUT2D eigenvalue weighted by molar-refractivity contribution is 5.93. The molecule has 1 amide bonds. The maximum absolute atomic E-state index is 12.3. The van der Waals surface area contributed by atoms with E-state index in [0.29, 0.717) is 17.0 Å². The normalized spacial score (nSPS) is 14.3. The van der Waals surface area contributed by atoms with Gasteiger partial charge in [0.05, 0.1) is 11.6 Å². The number of piperazine rings is 1. The van der Waals surface area contributed by atoms with Gasteiger partial charge >= 0.3 is 5.97 Å². The highest BCUT2D eigenvalue weighted by atomic mass is 16.6. The Labute approximate surface area is 217 Å². The second-order valence-corrected chi connectivity index (χ2v) is 8.85. The summed E-state index contributed by atoms with van der Waals surface area (Å²) < 4.78 is 10.6. The number of amides is 1. The number of rotatable bonds is 9. The molecule has 1 saturated heterocycles. The van der Waals surface area contributed by atoms with Crippen molar-refractivity contribution in [1.29, 1.82) is 5.26 Å². The first-order chi connectivity index (χ1) is 18.0. The average Bonchev–Trinajstić information content (AvgIpc) is 2.93. The maximum atomic E-state index is 12.3. The fourth-order valence-corrected chi connectivity index (χ4v) is 4.07. The molecule has 0 aromatic heterocycles. The molecule has 4 rings (SSSR count). The lowest BCUT2D eigenvalue weighted by atomic mass is 10.2. The lowest BCUT2D eigenvalue weighted by molar-refractivity contribution is -0.153. The van der Waals surface area contributed by atoms with Crippen LogP contribution in [0.25, 0.3) is 0 Å². The highest BCUT2D eigenvalue weighted by Gasteiger charge is 2.19. The fraction of sp³-hybridized carbons (Fsp3) is 0.276. The minimum absolute atomic E-state index is 0.412. The van der Waals surface area contributed by atoms with Gasteiger partial charge in [0, 0.05) is 44.1 Å². The number of hydrogen-bond donors (Lipinski definition) is 1. The minimum atomic E-state index is -0.895. The lowest BCUT2D eigenvalue weighted by Crippen LogP contribution is -2.45. The molecule has 1 aliphatic rings. The molecular formula is C29H30N4O4. The summed E-state index contributed by atoms with van der Waals surface area (Å²) in [7, 11) is 0. The van der Waals surface area contributed by atoms with Crippen LogP contribution in [0.3, 0.4) is 0 Å². The SMILES string of the molecule is CC(Oc1ccc(C#N)cc1)C(=O)OCC(=O)Nc1ccc(N2CCN(Cc3ccccc3)CC2)cc1. The molecule has 1 fully saturated rings. The van der Waals surface area contributed by atoms with Gasteiger partial charge in [0.2, 0.25) is 0 Å². The summed E-state index contributed by atoms with van der Waals surface area (Å²) in [5, 5.41) is 11.6. The summed E-state index contributed by atoms with van der Waals surface area (Å²) >= 11 is 0. The van der Waals surface area contributed by atoms with Crippen LogP contribution in [0.2, 0.25) is 0 Å². The number of hydrogen-bond acceptors (Lipinski definition) is 7. The minimum Gasteiger partial charge on any atom is -0.479 e. The zero-order valence-corrected chi connectivity index (χ0v) is 20.8. The average molecular weight is 499 g/mol. The number of nitriles is 1. The molecule has 8 nitrogen and oxygen atoms in total. The van der Waals surface area contributed by atoms with E-state index in [9.17, 15) is 9.59 Å². The first kappa shape index (κ1) is 25.7. The van der Waals surface area contributed by atoms with Gasteiger partial charge in [-0.1, -0.05) is 30.3 Å². The molecule has 0 bridgehead atoms. The van der Waals surface area contributed by atoms with Crippen molar-refractivity contribution in [3.8, 4) is 11.8 Å². The van der Waals surface area contributed by atoms with Crippen LogP contribution in [0.5, 0.6) is 5.75 Å². The third-order valence-corrected chi connectivity index (χ3v) is 6.11. The van der Waals surface area contributed by atoms with Crippen LogP contribution >= 0.6 is 0 Å². The summed E-state index contributed by atoms with van der Waals surface area (Å²) in [6, 6.07) is 26.6. The molecule has 37 heavy (non-hydrogen) atoms. The van der Waals surface area contributed by atoms with Gasteiger partial charge in [0.15, 0.2) is 12.7 Å². The number of carbonyl (C=O) groups excluding carboxylic acids is 2. The molecule has 0 spiro atoms. The molecule has 0 aliphatic carbocycles. The van der Waals surface area contributed by atoms with E-state index < -0.39 is 24.6 Å². The van der Waals surface area contributed by atoms with Gasteiger partial charge in [0.25, 0.3) is 5.91 Å². The summed E-state index contributed by atoms with van der Waals surface area (Å²) in [4.78, 5) is 29.2. The molecule has 1 aliphatic heterocycles. The molecule has 1 unspecified atom stereocenters. The van der Waals surface area contributed by atoms with Crippen LogP contribution < -0.4 is 15.0 Å². The van der Waals surface area contributed by atoms with E-state index in [0.717, 1.165) is 38.4 Å². The molecule has 1 atom stereocenters. The number of ether oxygens (including phenoxy) is 2. The number of carbonyl (C=O) groups is 2. The van der Waals surface area contributed by atoms with Crippen LogP contribution in [0.4, 0.5) is 11.4 Å². The number of anilines is 2. The van der Waals surface area contributed by atoms with Crippen LogP contribution in [0, 0.1) is 11.3 Å². The van der Waals surface area contributed by atoms with E-state index in [1.807, 2.05) is 36.4 Å². The third kappa shape index (κ3) is 7.56. The molecule has 3 aromatic rings. The van der Waals surface area contributed by atoms with Gasteiger partial charge in [-0.3, -0.25) is 9.69 Å². The van der Waals surface area contributed by atoms with Crippen molar-refractivity contribution in [1.82, 2.24) is 4.90 Å². The Morgan fingerprint density at radius 3 is 2.27 bits per heavy atom. The molecule has 8 heteroatoms. The van der Waals surface area contributed by atoms with E-state index in [-0.39, 0.29) is 0 Å². The zero-order valence-electron chi connectivity index (χ0n) is 20.8. The number of esters is 1. The first-order valence-corrected chi connectivity index (χ1v) is 12.2. The highest BCUT2D eigenvalue weighted by Crippen LogP contribution is 2.20. The lowest BCUT2D eigenvalue weighted by Gasteiger charge is -2.36. The van der Waals surface area contributed by atoms with E-state index in [1.54, 1.807) is 31.2 Å². The number of nitrogens with zero attached hydrogens (tertiary/aromatic N) is 3. The third-order valence-electron chi connectivity index (χ3n) is 6.11. The van der Waals surface area contributed by atoms with Crippen molar-refractivity contribution in [3.05, 3.63) is 90.0 Å². The van der Waals surface area contributed by atoms with Gasteiger partial charge in [-0.25, -0.2) is 4.79 Å². The Morgan fingerprint density at radius 1 is 0.946 bits per heavy atom. The van der Waals surface area contributed by atoms with Gasteiger partial charge in [-0.15, -0.1) is 0 Å². The summed E-state index contributed by atoms with van der Waals surface area (Å²) in [5.74, 6) is -0.645. The van der Waals surface area contributed by atoms with Crippen LogP contribution in [-0.4, -0.2) is 55.7 Å². The summed E-state index contributed by atoms with van der Waals surface area (Å²) in [6.07, 6.45) is -0.895. The van der Waals surface area contributed by atoms with Gasteiger partial charge < -0.3 is 19.7 Å². The molecule has 190 valence electrons. The van der Waals surface area contributed by atoms with Crippen LogP contribution in [0.15, 0.2) is 78.9 Å². The van der Waals surface area contributed by atoms with Crippen LogP contribution in [-0.2, 0) is 20.9 Å². The van der Waals surface area contributed by atoms with Crippen molar-refractivity contribution < 1.29 is 19.1 Å². The first-order valence-electron chi connectivity index (χ1n) is 12.2. The molecule has 1 heterocycles. The van der Waals surface area contributed by atoms with Crippen molar-refractivity contribution in [2.45, 2.75) is 19.6 Å². The Kier molecular flexibility index (Phi) is 8.74. The topological polar surface area (TPSA) is 94.9 Å². The Balaban J connectivity index is 1.18. The van der Waals surface area contributed by atoms with Gasteiger partial charge in [-0.05, 0) is 61.0 Å². The van der Waals surface area contributed by atoms with Crippen molar-refractivity contribution in [2.75, 3.05) is 43.0 Å². The molecule has 0 radical (unpaired) electrons. The number of benzene rings is 3. The number of nitrogens with one attached hydrogen (secondary N) is 1. The Bertz CT molecular complexity index is 1220. The predicted octanol–water partition coefficient (Wildman–Crippen LogP) is 3.83. The summed E-state index contributed by atoms with van der Waals surface area (Å²) in [6.45, 7) is 5.96. The molecule has 3 aromatic carbocycles. The largest absolute Gasteiger partial charge is 0.479 e. The molecular weight excluding hydrogens is 468 g/mol. The van der Waals surface area contributed by atoms with Crippen molar-refractivity contribution >= 4 is 23.3 Å². The van der Waals surface area contributed by atoms with Crippen molar-refractivity contribution in [3.63, 3.8) is 0 Å². The fourth-order valence-electron chi connectivity index (χ4n) is 4.07.